The highest BCUT2D eigenvalue weighted by Gasteiger charge is 2.60. The molecule has 0 radical (unpaired) electrons. The molecule has 3 aromatic carbocycles. The Morgan fingerprint density at radius 1 is 0.946 bits per heavy atom. The zero-order valence-electron chi connectivity index (χ0n) is 20.3. The first-order valence-corrected chi connectivity index (χ1v) is 11.9. The summed E-state index contributed by atoms with van der Waals surface area (Å²) in [4.78, 5) is 44.9. The fourth-order valence-electron chi connectivity index (χ4n) is 4.73. The highest BCUT2D eigenvalue weighted by molar-refractivity contribution is 6.24. The van der Waals surface area contributed by atoms with E-state index in [0.717, 1.165) is 11.3 Å². The van der Waals surface area contributed by atoms with Gasteiger partial charge in [0.25, 0.3) is 11.6 Å². The number of carbonyl (C=O) groups is 2. The van der Waals surface area contributed by atoms with Crippen LogP contribution in [-0.2, 0) is 14.4 Å². The number of nitro benzene ring substituents is 1. The van der Waals surface area contributed by atoms with Crippen LogP contribution in [0, 0.1) is 16.0 Å². The number of benzene rings is 3. The van der Waals surface area contributed by atoms with Crippen molar-refractivity contribution in [2.45, 2.75) is 25.5 Å². The van der Waals surface area contributed by atoms with Gasteiger partial charge < -0.3 is 9.47 Å². The van der Waals surface area contributed by atoms with Crippen molar-refractivity contribution in [1.29, 1.82) is 0 Å². The molecule has 0 saturated carbocycles. The standard InChI is InChI=1S/C27H25N3O7/c1-3-15-36-21-14-9-17(16-22(21)35-2)24-23-25(37-29(24)19-7-5-4-6-8-19)27(32)28(26(23)31)18-10-12-20(13-11-18)30(33)34/h4-14,16,23-25H,3,15H2,1-2H3/t23-,24-,25+/m1/s1. The van der Waals surface area contributed by atoms with Crippen LogP contribution in [0.2, 0.25) is 0 Å². The highest BCUT2D eigenvalue weighted by atomic mass is 16.7. The van der Waals surface area contributed by atoms with Crippen LogP contribution in [0.4, 0.5) is 17.1 Å². The summed E-state index contributed by atoms with van der Waals surface area (Å²) in [6.07, 6.45) is -0.225. The summed E-state index contributed by atoms with van der Waals surface area (Å²) in [5.74, 6) is -0.739. The second-order valence-electron chi connectivity index (χ2n) is 8.70. The predicted molar refractivity (Wildman–Crippen MR) is 134 cm³/mol. The van der Waals surface area contributed by atoms with Gasteiger partial charge in [-0.25, -0.2) is 9.96 Å². The molecule has 3 aromatic rings. The first kappa shape index (κ1) is 24.3. The zero-order chi connectivity index (χ0) is 26.1. The Bertz CT molecular complexity index is 1330. The van der Waals surface area contributed by atoms with E-state index in [9.17, 15) is 19.7 Å². The summed E-state index contributed by atoms with van der Waals surface area (Å²) in [5.41, 5.74) is 1.52. The summed E-state index contributed by atoms with van der Waals surface area (Å²) in [6.45, 7) is 2.54. The average Bonchev–Trinajstić information content (AvgIpc) is 3.43. The van der Waals surface area contributed by atoms with Gasteiger partial charge in [0.2, 0.25) is 5.91 Å². The van der Waals surface area contributed by atoms with Gasteiger partial charge in [-0.3, -0.25) is 24.5 Å². The number of carbonyl (C=O) groups excluding carboxylic acids is 2. The minimum absolute atomic E-state index is 0.134. The summed E-state index contributed by atoms with van der Waals surface area (Å²) < 4.78 is 11.3. The normalized spacial score (nSPS) is 20.8. The van der Waals surface area contributed by atoms with E-state index in [1.807, 2.05) is 43.3 Å². The molecule has 0 spiro atoms. The number of nitro groups is 1. The molecule has 0 unspecified atom stereocenters. The molecule has 2 amide bonds. The van der Waals surface area contributed by atoms with Crippen molar-refractivity contribution in [3.05, 3.63) is 88.5 Å². The smallest absolute Gasteiger partial charge is 0.269 e. The summed E-state index contributed by atoms with van der Waals surface area (Å²) >= 11 is 0. The molecule has 10 heteroatoms. The Morgan fingerprint density at radius 2 is 1.68 bits per heavy atom. The van der Waals surface area contributed by atoms with Crippen LogP contribution in [-0.4, -0.2) is 36.6 Å². The van der Waals surface area contributed by atoms with Gasteiger partial charge in [0.15, 0.2) is 17.6 Å². The van der Waals surface area contributed by atoms with Crippen LogP contribution in [0.1, 0.15) is 24.9 Å². The number of rotatable bonds is 8. The molecule has 0 bridgehead atoms. The number of para-hydroxylation sites is 1. The molecule has 0 N–H and O–H groups in total. The maximum Gasteiger partial charge on any atom is 0.269 e. The monoisotopic (exact) mass is 503 g/mol. The lowest BCUT2D eigenvalue weighted by atomic mass is 9.90. The Balaban J connectivity index is 1.55. The van der Waals surface area contributed by atoms with Crippen LogP contribution >= 0.6 is 0 Å². The number of anilines is 2. The van der Waals surface area contributed by atoms with Crippen LogP contribution in [0.25, 0.3) is 0 Å². The number of hydrogen-bond donors (Lipinski definition) is 0. The van der Waals surface area contributed by atoms with Crippen LogP contribution in [0.15, 0.2) is 72.8 Å². The minimum Gasteiger partial charge on any atom is -0.493 e. The predicted octanol–water partition coefficient (Wildman–Crippen LogP) is 4.44. The number of non-ortho nitro benzene ring substituents is 1. The maximum atomic E-state index is 13.7. The molecule has 2 fully saturated rings. The molecule has 2 saturated heterocycles. The summed E-state index contributed by atoms with van der Waals surface area (Å²) in [7, 11) is 1.54. The molecule has 10 nitrogen and oxygen atoms in total. The zero-order valence-corrected chi connectivity index (χ0v) is 20.3. The van der Waals surface area contributed by atoms with E-state index in [-0.39, 0.29) is 11.4 Å². The van der Waals surface area contributed by atoms with Gasteiger partial charge in [-0.1, -0.05) is 31.2 Å². The Labute approximate surface area is 213 Å². The quantitative estimate of drug-likeness (QED) is 0.252. The number of methoxy groups -OCH3 is 1. The van der Waals surface area contributed by atoms with Crippen molar-refractivity contribution in [1.82, 2.24) is 0 Å². The SMILES string of the molecule is CCCOc1ccc([C@@H]2[C@H]3C(=O)N(c4ccc([N+](=O)[O-])cc4)C(=O)[C@H]3ON2c2ccccc2)cc1OC. The Hall–Kier alpha value is -4.44. The van der Waals surface area contributed by atoms with E-state index in [1.165, 1.54) is 24.3 Å². The number of hydrogen-bond acceptors (Lipinski definition) is 8. The van der Waals surface area contributed by atoms with Crippen molar-refractivity contribution in [2.75, 3.05) is 23.7 Å². The van der Waals surface area contributed by atoms with Gasteiger partial charge in [0.1, 0.15) is 5.92 Å². The van der Waals surface area contributed by atoms with Gasteiger partial charge >= 0.3 is 0 Å². The first-order valence-electron chi connectivity index (χ1n) is 11.9. The maximum absolute atomic E-state index is 13.7. The van der Waals surface area contributed by atoms with Gasteiger partial charge in [-0.15, -0.1) is 0 Å². The highest BCUT2D eigenvalue weighted by Crippen LogP contribution is 2.48. The lowest BCUT2D eigenvalue weighted by Gasteiger charge is -2.29. The van der Waals surface area contributed by atoms with Crippen molar-refractivity contribution in [3.8, 4) is 11.5 Å². The molecule has 190 valence electrons. The second-order valence-corrected chi connectivity index (χ2v) is 8.70. The Morgan fingerprint density at radius 3 is 2.32 bits per heavy atom. The minimum atomic E-state index is -1.06. The third kappa shape index (κ3) is 4.25. The van der Waals surface area contributed by atoms with E-state index in [4.69, 9.17) is 14.3 Å². The molecule has 0 aromatic heterocycles. The molecule has 2 heterocycles. The lowest BCUT2D eigenvalue weighted by molar-refractivity contribution is -0.384. The molecule has 5 rings (SSSR count). The van der Waals surface area contributed by atoms with Crippen LogP contribution in [0.5, 0.6) is 11.5 Å². The molecular weight excluding hydrogens is 478 g/mol. The Kier molecular flexibility index (Phi) is 6.49. The largest absolute Gasteiger partial charge is 0.493 e. The molecule has 2 aliphatic heterocycles. The van der Waals surface area contributed by atoms with E-state index in [0.29, 0.717) is 29.4 Å². The van der Waals surface area contributed by atoms with Crippen molar-refractivity contribution < 1.29 is 28.8 Å². The fraction of sp³-hybridized carbons (Fsp3) is 0.259. The van der Waals surface area contributed by atoms with Gasteiger partial charge in [-0.2, -0.15) is 0 Å². The van der Waals surface area contributed by atoms with Crippen LogP contribution < -0.4 is 19.4 Å². The van der Waals surface area contributed by atoms with E-state index < -0.39 is 34.8 Å². The fourth-order valence-corrected chi connectivity index (χ4v) is 4.73. The molecular formula is C27H25N3O7. The van der Waals surface area contributed by atoms with E-state index in [1.54, 1.807) is 24.3 Å². The number of nitrogens with zero attached hydrogens (tertiary/aromatic N) is 3. The van der Waals surface area contributed by atoms with Crippen molar-refractivity contribution in [3.63, 3.8) is 0 Å². The third-order valence-corrected chi connectivity index (χ3v) is 6.44. The third-order valence-electron chi connectivity index (χ3n) is 6.44. The van der Waals surface area contributed by atoms with Crippen molar-refractivity contribution in [2.24, 2.45) is 5.92 Å². The molecule has 2 aliphatic rings. The molecule has 3 atom stereocenters. The molecule has 37 heavy (non-hydrogen) atoms. The summed E-state index contributed by atoms with van der Waals surface area (Å²) in [5, 5.41) is 12.6. The molecule has 0 aliphatic carbocycles. The summed E-state index contributed by atoms with van der Waals surface area (Å²) in [6, 6.07) is 19.3. The van der Waals surface area contributed by atoms with E-state index in [2.05, 4.69) is 0 Å². The van der Waals surface area contributed by atoms with Gasteiger partial charge in [0, 0.05) is 12.1 Å². The number of amides is 2. The number of ether oxygens (including phenoxy) is 2. The number of fused-ring (bicyclic) bond motifs is 1. The van der Waals surface area contributed by atoms with Gasteiger partial charge in [0.05, 0.1) is 36.1 Å². The average molecular weight is 504 g/mol. The number of imide groups is 1. The van der Waals surface area contributed by atoms with Crippen LogP contribution in [0.3, 0.4) is 0 Å². The van der Waals surface area contributed by atoms with Crippen molar-refractivity contribution >= 4 is 28.9 Å². The first-order chi connectivity index (χ1) is 17.9. The van der Waals surface area contributed by atoms with E-state index >= 15 is 0 Å². The second kappa shape index (κ2) is 9.90. The lowest BCUT2D eigenvalue weighted by Crippen LogP contribution is -2.37. The number of hydroxylamine groups is 1. The topological polar surface area (TPSA) is 111 Å². The van der Waals surface area contributed by atoms with Gasteiger partial charge in [-0.05, 0) is 48.4 Å².